The van der Waals surface area contributed by atoms with Crippen LogP contribution in [0, 0.1) is 0 Å². The SMILES string of the molecule is COc1cc(-n2cnc(Nc3nc4c(c(N5CCC[C@H]5CO)n3)CN(C(=O)O)C4)c2)cc(OC)c1OC. The Hall–Kier alpha value is -4.26. The molecular weight excluding hydrogens is 482 g/mol. The molecule has 1 saturated heterocycles. The van der Waals surface area contributed by atoms with E-state index in [0.717, 1.165) is 30.6 Å². The number of anilines is 3. The maximum Gasteiger partial charge on any atom is 0.407 e. The van der Waals surface area contributed by atoms with Crippen molar-refractivity contribution in [1.82, 2.24) is 24.4 Å². The van der Waals surface area contributed by atoms with Gasteiger partial charge in [0.15, 0.2) is 17.3 Å². The van der Waals surface area contributed by atoms with Gasteiger partial charge in [-0.05, 0) is 12.8 Å². The molecule has 13 heteroatoms. The summed E-state index contributed by atoms with van der Waals surface area (Å²) in [6, 6.07) is 3.55. The molecule has 4 heterocycles. The minimum Gasteiger partial charge on any atom is -0.493 e. The first-order valence-corrected chi connectivity index (χ1v) is 11.8. The summed E-state index contributed by atoms with van der Waals surface area (Å²) >= 11 is 0. The molecule has 1 aromatic carbocycles. The van der Waals surface area contributed by atoms with Gasteiger partial charge in [0, 0.05) is 24.2 Å². The summed E-state index contributed by atoms with van der Waals surface area (Å²) in [6.07, 6.45) is 4.16. The van der Waals surface area contributed by atoms with Crippen LogP contribution in [0.25, 0.3) is 5.69 Å². The average Bonchev–Trinajstić information content (AvgIpc) is 3.66. The van der Waals surface area contributed by atoms with Crippen LogP contribution in [0.2, 0.25) is 0 Å². The second-order valence-corrected chi connectivity index (χ2v) is 8.78. The van der Waals surface area contributed by atoms with Gasteiger partial charge in [-0.1, -0.05) is 0 Å². The summed E-state index contributed by atoms with van der Waals surface area (Å²) in [5.41, 5.74) is 2.16. The van der Waals surface area contributed by atoms with Gasteiger partial charge in [-0.15, -0.1) is 0 Å². The van der Waals surface area contributed by atoms with E-state index in [9.17, 15) is 15.0 Å². The van der Waals surface area contributed by atoms with Gasteiger partial charge in [-0.25, -0.2) is 14.8 Å². The standard InChI is InChI=1S/C24H29N7O6/c1-35-18-7-15(8-19(36-2)21(18)37-3)30-11-20(25-13-30)27-23-26-17-10-29(24(33)34)9-16(17)22(28-23)31-6-4-5-14(31)12-32/h7-8,11,13-14,32H,4-6,9-10,12H2,1-3H3,(H,33,34)(H,26,27,28)/t14-/m0/s1. The van der Waals surface area contributed by atoms with E-state index in [-0.39, 0.29) is 25.7 Å². The average molecular weight is 512 g/mol. The van der Waals surface area contributed by atoms with Crippen LogP contribution in [-0.4, -0.2) is 81.2 Å². The lowest BCUT2D eigenvalue weighted by Crippen LogP contribution is -2.34. The molecule has 0 radical (unpaired) electrons. The number of aromatic nitrogens is 4. The van der Waals surface area contributed by atoms with Gasteiger partial charge in [0.25, 0.3) is 0 Å². The summed E-state index contributed by atoms with van der Waals surface area (Å²) in [4.78, 5) is 28.8. The Bertz CT molecular complexity index is 1290. The highest BCUT2D eigenvalue weighted by Crippen LogP contribution is 2.39. The number of methoxy groups -OCH3 is 3. The van der Waals surface area contributed by atoms with Crippen LogP contribution in [0.1, 0.15) is 24.1 Å². The van der Waals surface area contributed by atoms with E-state index in [4.69, 9.17) is 19.2 Å². The minimum absolute atomic E-state index is 0.00335. The van der Waals surface area contributed by atoms with Gasteiger partial charge >= 0.3 is 6.09 Å². The molecule has 2 aliphatic heterocycles. The largest absolute Gasteiger partial charge is 0.493 e. The maximum atomic E-state index is 11.6. The van der Waals surface area contributed by atoms with Crippen molar-refractivity contribution in [2.45, 2.75) is 32.0 Å². The Kier molecular flexibility index (Phi) is 6.61. The highest BCUT2D eigenvalue weighted by atomic mass is 16.5. The predicted octanol–water partition coefficient (Wildman–Crippen LogP) is 2.39. The number of rotatable bonds is 8. The number of carbonyl (C=O) groups is 1. The van der Waals surface area contributed by atoms with Crippen molar-refractivity contribution in [3.8, 4) is 22.9 Å². The van der Waals surface area contributed by atoms with Crippen LogP contribution < -0.4 is 24.4 Å². The lowest BCUT2D eigenvalue weighted by atomic mass is 10.2. The Balaban J connectivity index is 1.46. The quantitative estimate of drug-likeness (QED) is 0.409. The van der Waals surface area contributed by atoms with E-state index in [0.29, 0.717) is 40.5 Å². The van der Waals surface area contributed by atoms with Crippen LogP contribution in [-0.2, 0) is 13.1 Å². The molecular formula is C24H29N7O6. The van der Waals surface area contributed by atoms with Gasteiger partial charge in [0.05, 0.1) is 64.6 Å². The Morgan fingerprint density at radius 1 is 1.14 bits per heavy atom. The summed E-state index contributed by atoms with van der Waals surface area (Å²) in [6.45, 7) is 1.12. The Labute approximate surface area is 213 Å². The molecule has 3 N–H and O–H groups in total. The normalized spacial score (nSPS) is 16.6. The van der Waals surface area contributed by atoms with E-state index < -0.39 is 6.09 Å². The number of hydrogen-bond donors (Lipinski definition) is 3. The molecule has 0 bridgehead atoms. The topological polar surface area (TPSA) is 147 Å². The summed E-state index contributed by atoms with van der Waals surface area (Å²) in [5.74, 6) is 2.96. The molecule has 1 atom stereocenters. The number of ether oxygens (including phenoxy) is 3. The third-order valence-electron chi connectivity index (χ3n) is 6.66. The van der Waals surface area contributed by atoms with E-state index in [1.54, 1.807) is 50.6 Å². The zero-order valence-corrected chi connectivity index (χ0v) is 20.8. The Morgan fingerprint density at radius 3 is 2.54 bits per heavy atom. The van der Waals surface area contributed by atoms with Gasteiger partial charge in [0.2, 0.25) is 11.7 Å². The molecule has 0 spiro atoms. The Morgan fingerprint density at radius 2 is 1.89 bits per heavy atom. The van der Waals surface area contributed by atoms with Gasteiger partial charge in [0.1, 0.15) is 12.1 Å². The molecule has 2 aromatic heterocycles. The summed E-state index contributed by atoms with van der Waals surface area (Å²) in [5, 5.41) is 22.5. The zero-order chi connectivity index (χ0) is 26.1. The summed E-state index contributed by atoms with van der Waals surface area (Å²) in [7, 11) is 4.65. The zero-order valence-electron chi connectivity index (χ0n) is 20.8. The lowest BCUT2D eigenvalue weighted by molar-refractivity contribution is 0.145. The fourth-order valence-electron chi connectivity index (χ4n) is 4.83. The molecule has 1 fully saturated rings. The van der Waals surface area contributed by atoms with E-state index in [1.165, 1.54) is 4.90 Å². The number of carboxylic acid groups (broad SMARTS) is 1. The monoisotopic (exact) mass is 511 g/mol. The molecule has 1 amide bonds. The minimum atomic E-state index is -1.01. The first kappa shape index (κ1) is 24.4. The summed E-state index contributed by atoms with van der Waals surface area (Å²) < 4.78 is 18.1. The second kappa shape index (κ2) is 10.0. The van der Waals surface area contributed by atoms with Crippen LogP contribution in [0.15, 0.2) is 24.7 Å². The number of aliphatic hydroxyl groups is 1. The molecule has 0 unspecified atom stereocenters. The number of aliphatic hydroxyl groups excluding tert-OH is 1. The first-order chi connectivity index (χ1) is 17.9. The van der Waals surface area contributed by atoms with Crippen molar-refractivity contribution in [3.63, 3.8) is 0 Å². The fraction of sp³-hybridized carbons (Fsp3) is 0.417. The van der Waals surface area contributed by atoms with Crippen molar-refractivity contribution in [2.24, 2.45) is 0 Å². The molecule has 5 rings (SSSR count). The van der Waals surface area contributed by atoms with E-state index >= 15 is 0 Å². The number of nitrogens with zero attached hydrogens (tertiary/aromatic N) is 6. The molecule has 2 aliphatic rings. The van der Waals surface area contributed by atoms with Crippen molar-refractivity contribution >= 4 is 23.7 Å². The van der Waals surface area contributed by atoms with Crippen LogP contribution in [0.4, 0.5) is 22.4 Å². The van der Waals surface area contributed by atoms with Gasteiger partial charge in [-0.2, -0.15) is 4.98 Å². The maximum absolute atomic E-state index is 11.6. The molecule has 3 aromatic rings. The highest BCUT2D eigenvalue weighted by Gasteiger charge is 2.34. The number of amides is 1. The molecule has 0 aliphatic carbocycles. The lowest BCUT2D eigenvalue weighted by Gasteiger charge is -2.26. The van der Waals surface area contributed by atoms with Crippen molar-refractivity contribution in [2.75, 3.05) is 44.7 Å². The van der Waals surface area contributed by atoms with Crippen LogP contribution in [0.3, 0.4) is 0 Å². The molecule has 37 heavy (non-hydrogen) atoms. The molecule has 196 valence electrons. The predicted molar refractivity (Wildman–Crippen MR) is 133 cm³/mol. The molecule has 13 nitrogen and oxygen atoms in total. The third-order valence-corrected chi connectivity index (χ3v) is 6.66. The molecule has 0 saturated carbocycles. The van der Waals surface area contributed by atoms with Crippen LogP contribution >= 0.6 is 0 Å². The first-order valence-electron chi connectivity index (χ1n) is 11.8. The second-order valence-electron chi connectivity index (χ2n) is 8.78. The number of hydrogen-bond acceptors (Lipinski definition) is 10. The van der Waals surface area contributed by atoms with Gasteiger partial charge < -0.3 is 39.2 Å². The number of imidazole rings is 1. The smallest absolute Gasteiger partial charge is 0.407 e. The van der Waals surface area contributed by atoms with E-state index in [2.05, 4.69) is 15.3 Å². The number of nitrogens with one attached hydrogen (secondary N) is 1. The highest BCUT2D eigenvalue weighted by molar-refractivity contribution is 5.68. The number of benzene rings is 1. The third kappa shape index (κ3) is 4.53. The van der Waals surface area contributed by atoms with Crippen molar-refractivity contribution < 1.29 is 29.2 Å². The van der Waals surface area contributed by atoms with Crippen molar-refractivity contribution in [1.29, 1.82) is 0 Å². The fourth-order valence-corrected chi connectivity index (χ4v) is 4.83. The van der Waals surface area contributed by atoms with Gasteiger partial charge in [-0.3, -0.25) is 4.90 Å². The van der Waals surface area contributed by atoms with Crippen molar-refractivity contribution in [3.05, 3.63) is 35.9 Å². The van der Waals surface area contributed by atoms with E-state index in [1.807, 2.05) is 4.90 Å². The van der Waals surface area contributed by atoms with Crippen LogP contribution in [0.5, 0.6) is 17.2 Å². The number of fused-ring (bicyclic) bond motifs is 1.